The minimum Gasteiger partial charge on any atom is -0.457 e. The maximum atomic E-state index is 12.8. The fourth-order valence-corrected chi connectivity index (χ4v) is 4.94. The number of nitrogen functional groups attached to an aromatic ring is 1. The van der Waals surface area contributed by atoms with Crippen LogP contribution in [-0.4, -0.2) is 79.4 Å². The Bertz CT molecular complexity index is 1390. The van der Waals surface area contributed by atoms with Crippen molar-refractivity contribution in [1.82, 2.24) is 29.5 Å². The van der Waals surface area contributed by atoms with E-state index in [4.69, 9.17) is 15.6 Å². The Balaban J connectivity index is 1.19. The van der Waals surface area contributed by atoms with Gasteiger partial charge in [0.25, 0.3) is 0 Å². The number of fused-ring (bicyclic) bond motifs is 1. The number of likely N-dealkylation sites (tertiary alicyclic amines) is 2. The number of rotatable bonds is 6. The molecule has 2 fully saturated rings. The number of carbonyl (C=O) groups excluding carboxylic acids is 1. The number of hydrogen-bond donors (Lipinski definition) is 2. The van der Waals surface area contributed by atoms with Crippen LogP contribution in [0.15, 0.2) is 60.9 Å². The van der Waals surface area contributed by atoms with Gasteiger partial charge in [-0.1, -0.05) is 18.2 Å². The van der Waals surface area contributed by atoms with Gasteiger partial charge in [-0.15, -0.1) is 0 Å². The molecule has 190 valence electrons. The lowest BCUT2D eigenvalue weighted by atomic mass is 10.1. The predicted octanol–water partition coefficient (Wildman–Crippen LogP) is 2.71. The molecule has 0 radical (unpaired) electrons. The number of anilines is 1. The molecule has 0 bridgehead atoms. The van der Waals surface area contributed by atoms with Crippen LogP contribution in [0, 0.1) is 0 Å². The molecule has 0 atom stereocenters. The number of carbonyl (C=O) groups is 1. The third kappa shape index (κ3) is 4.73. The van der Waals surface area contributed by atoms with Crippen LogP contribution in [0.3, 0.4) is 0 Å². The lowest BCUT2D eigenvalue weighted by Gasteiger charge is -2.40. The molecule has 2 aromatic carbocycles. The zero-order valence-electron chi connectivity index (χ0n) is 20.4. The summed E-state index contributed by atoms with van der Waals surface area (Å²) in [5.74, 6) is 1.96. The first-order chi connectivity index (χ1) is 18.0. The van der Waals surface area contributed by atoms with Crippen LogP contribution in [0.4, 0.5) is 5.82 Å². The molecule has 0 aliphatic carbocycles. The van der Waals surface area contributed by atoms with Crippen molar-refractivity contribution in [3.05, 3.63) is 60.9 Å². The third-order valence-electron chi connectivity index (χ3n) is 7.10. The summed E-state index contributed by atoms with van der Waals surface area (Å²) in [7, 11) is 0. The monoisotopic (exact) mass is 499 g/mol. The van der Waals surface area contributed by atoms with Crippen molar-refractivity contribution in [1.29, 1.82) is 0 Å². The van der Waals surface area contributed by atoms with Gasteiger partial charge in [-0.25, -0.2) is 14.6 Å². The Kier molecular flexibility index (Phi) is 6.19. The van der Waals surface area contributed by atoms with E-state index in [1.165, 1.54) is 6.33 Å². The fourth-order valence-electron chi connectivity index (χ4n) is 4.94. The number of amides is 1. The molecule has 0 unspecified atom stereocenters. The molecular formula is C27H29N7O3. The number of hydrogen-bond acceptors (Lipinski definition) is 8. The topological polar surface area (TPSA) is 123 Å². The van der Waals surface area contributed by atoms with Gasteiger partial charge in [0.15, 0.2) is 5.65 Å². The zero-order chi connectivity index (χ0) is 25.4. The molecule has 0 saturated carbocycles. The van der Waals surface area contributed by atoms with Crippen LogP contribution in [0.25, 0.3) is 22.3 Å². The summed E-state index contributed by atoms with van der Waals surface area (Å²) in [6.45, 7) is 3.03. The first kappa shape index (κ1) is 23.4. The molecule has 1 amide bonds. The van der Waals surface area contributed by atoms with E-state index in [-0.39, 0.29) is 18.1 Å². The lowest BCUT2D eigenvalue weighted by Crippen LogP contribution is -2.54. The summed E-state index contributed by atoms with van der Waals surface area (Å²) in [4.78, 5) is 25.4. The number of aliphatic hydroxyl groups is 1. The van der Waals surface area contributed by atoms with Crippen LogP contribution in [0.2, 0.25) is 0 Å². The summed E-state index contributed by atoms with van der Waals surface area (Å²) in [6, 6.07) is 17.3. The molecule has 0 spiro atoms. The van der Waals surface area contributed by atoms with Crippen molar-refractivity contribution in [3.8, 4) is 22.8 Å². The van der Waals surface area contributed by atoms with E-state index < -0.39 is 0 Å². The summed E-state index contributed by atoms with van der Waals surface area (Å²) in [5, 5.41) is 15.3. The van der Waals surface area contributed by atoms with Gasteiger partial charge in [-0.05, 0) is 49.2 Å². The molecule has 2 aliphatic heterocycles. The van der Waals surface area contributed by atoms with Crippen molar-refractivity contribution < 1.29 is 14.6 Å². The van der Waals surface area contributed by atoms with Gasteiger partial charge in [0.1, 0.15) is 29.3 Å². The molecule has 2 saturated heterocycles. The van der Waals surface area contributed by atoms with Gasteiger partial charge in [-0.2, -0.15) is 5.10 Å². The highest BCUT2D eigenvalue weighted by atomic mass is 16.5. The standard InChI is InChI=1S/C27H29N7O3/c28-26-24-25(18-6-8-22(9-7-18)37-21-4-2-1-3-5-21)31-34(27(24)30-17-29-26)19-14-33(15-19)23(36)16-32-12-10-20(35)11-13-32/h1-9,17,19-20,35H,10-16H2,(H2,28,29,30). The van der Waals surface area contributed by atoms with Crippen LogP contribution < -0.4 is 10.5 Å². The van der Waals surface area contributed by atoms with Crippen molar-refractivity contribution >= 4 is 22.8 Å². The number of aliphatic hydroxyl groups excluding tert-OH is 1. The largest absolute Gasteiger partial charge is 0.457 e. The van der Waals surface area contributed by atoms with E-state index in [9.17, 15) is 9.90 Å². The van der Waals surface area contributed by atoms with E-state index in [0.717, 1.165) is 43.0 Å². The molecule has 4 heterocycles. The van der Waals surface area contributed by atoms with E-state index in [2.05, 4.69) is 14.9 Å². The molecule has 6 rings (SSSR count). The maximum absolute atomic E-state index is 12.8. The number of para-hydroxylation sites is 1. The molecule has 4 aromatic rings. The van der Waals surface area contributed by atoms with Crippen molar-refractivity contribution in [3.63, 3.8) is 0 Å². The second kappa shape index (κ2) is 9.79. The lowest BCUT2D eigenvalue weighted by molar-refractivity contribution is -0.138. The SMILES string of the molecule is Nc1ncnc2c1c(-c1ccc(Oc3ccccc3)cc1)nn2C1CN(C(=O)CN2CCC(O)CC2)C1. The summed E-state index contributed by atoms with van der Waals surface area (Å²) >= 11 is 0. The zero-order valence-corrected chi connectivity index (χ0v) is 20.4. The molecule has 2 aliphatic rings. The fraction of sp³-hybridized carbons (Fsp3) is 0.333. The van der Waals surface area contributed by atoms with Gasteiger partial charge in [-0.3, -0.25) is 9.69 Å². The smallest absolute Gasteiger partial charge is 0.236 e. The van der Waals surface area contributed by atoms with Crippen LogP contribution in [-0.2, 0) is 4.79 Å². The number of nitrogens with zero attached hydrogens (tertiary/aromatic N) is 6. The second-order valence-electron chi connectivity index (χ2n) is 9.65. The predicted molar refractivity (Wildman–Crippen MR) is 139 cm³/mol. The molecule has 3 N–H and O–H groups in total. The maximum Gasteiger partial charge on any atom is 0.236 e. The van der Waals surface area contributed by atoms with Crippen molar-refractivity contribution in [2.75, 3.05) is 38.5 Å². The average molecular weight is 500 g/mol. The van der Waals surface area contributed by atoms with E-state index in [0.29, 0.717) is 42.2 Å². The summed E-state index contributed by atoms with van der Waals surface area (Å²) in [5.41, 5.74) is 8.52. The van der Waals surface area contributed by atoms with Crippen LogP contribution >= 0.6 is 0 Å². The normalized spacial score (nSPS) is 17.2. The molecule has 2 aromatic heterocycles. The highest BCUT2D eigenvalue weighted by Gasteiger charge is 2.35. The minimum absolute atomic E-state index is 0.0124. The van der Waals surface area contributed by atoms with Gasteiger partial charge in [0, 0.05) is 31.7 Å². The number of piperidine rings is 1. The molecule has 10 heteroatoms. The van der Waals surface area contributed by atoms with Crippen molar-refractivity contribution in [2.24, 2.45) is 0 Å². The van der Waals surface area contributed by atoms with Crippen molar-refractivity contribution in [2.45, 2.75) is 25.0 Å². The highest BCUT2D eigenvalue weighted by molar-refractivity contribution is 5.98. The number of ether oxygens (including phenoxy) is 1. The molecular weight excluding hydrogens is 470 g/mol. The van der Waals surface area contributed by atoms with Gasteiger partial charge < -0.3 is 20.5 Å². The average Bonchev–Trinajstić information content (AvgIpc) is 3.26. The molecule has 10 nitrogen and oxygen atoms in total. The number of nitrogens with two attached hydrogens (primary N) is 1. The molecule has 37 heavy (non-hydrogen) atoms. The Morgan fingerprint density at radius 2 is 1.70 bits per heavy atom. The van der Waals surface area contributed by atoms with Gasteiger partial charge >= 0.3 is 0 Å². The van der Waals surface area contributed by atoms with E-state index >= 15 is 0 Å². The number of aromatic nitrogens is 4. The first-order valence-electron chi connectivity index (χ1n) is 12.6. The van der Waals surface area contributed by atoms with Crippen LogP contribution in [0.5, 0.6) is 11.5 Å². The summed E-state index contributed by atoms with van der Waals surface area (Å²) < 4.78 is 7.79. The third-order valence-corrected chi connectivity index (χ3v) is 7.10. The Hall–Kier alpha value is -4.02. The van der Waals surface area contributed by atoms with E-state index in [1.54, 1.807) is 0 Å². The summed E-state index contributed by atoms with van der Waals surface area (Å²) in [6.07, 6.45) is 2.64. The Labute approximate surface area is 214 Å². The highest BCUT2D eigenvalue weighted by Crippen LogP contribution is 2.35. The van der Waals surface area contributed by atoms with E-state index in [1.807, 2.05) is 64.2 Å². The first-order valence-corrected chi connectivity index (χ1v) is 12.6. The van der Waals surface area contributed by atoms with Gasteiger partial charge in [0.05, 0.1) is 24.1 Å². The van der Waals surface area contributed by atoms with Gasteiger partial charge in [0.2, 0.25) is 5.91 Å². The number of benzene rings is 2. The Morgan fingerprint density at radius 1 is 1.00 bits per heavy atom. The quantitative estimate of drug-likeness (QED) is 0.415. The minimum atomic E-state index is -0.246. The Morgan fingerprint density at radius 3 is 2.43 bits per heavy atom. The second-order valence-corrected chi connectivity index (χ2v) is 9.65. The van der Waals surface area contributed by atoms with Crippen LogP contribution in [0.1, 0.15) is 18.9 Å².